The first-order valence-electron chi connectivity index (χ1n) is 7.17. The van der Waals surface area contributed by atoms with Crippen molar-refractivity contribution in [2.45, 2.75) is 6.92 Å². The maximum absolute atomic E-state index is 12.4. The Bertz CT molecular complexity index is 760. The van der Waals surface area contributed by atoms with Crippen molar-refractivity contribution in [3.05, 3.63) is 52.5 Å². The van der Waals surface area contributed by atoms with Gasteiger partial charge in [0, 0.05) is 16.8 Å². The van der Waals surface area contributed by atoms with Crippen LogP contribution in [0.4, 0.5) is 5.69 Å². The van der Waals surface area contributed by atoms with Crippen LogP contribution < -0.4 is 20.5 Å². The topological polar surface area (TPSA) is 90.6 Å². The Balaban J connectivity index is 2.23. The van der Waals surface area contributed by atoms with Crippen molar-refractivity contribution >= 4 is 29.1 Å². The molecule has 0 aliphatic rings. The van der Waals surface area contributed by atoms with Crippen LogP contribution in [0.2, 0.25) is 5.02 Å². The largest absolute Gasteiger partial charge is 0.493 e. The average Bonchev–Trinajstić information content (AvgIpc) is 2.57. The third kappa shape index (κ3) is 3.97. The quantitative estimate of drug-likeness (QED) is 0.839. The Hall–Kier alpha value is -2.73. The van der Waals surface area contributed by atoms with Gasteiger partial charge in [0.25, 0.3) is 5.91 Å². The lowest BCUT2D eigenvalue weighted by Crippen LogP contribution is -2.13. The molecule has 24 heavy (non-hydrogen) atoms. The Kier molecular flexibility index (Phi) is 5.65. The number of nitrogens with one attached hydrogen (secondary N) is 1. The summed E-state index contributed by atoms with van der Waals surface area (Å²) in [6, 6.07) is 9.29. The van der Waals surface area contributed by atoms with Crippen LogP contribution in [0.3, 0.4) is 0 Å². The number of halogens is 1. The van der Waals surface area contributed by atoms with Gasteiger partial charge in [0.15, 0.2) is 11.5 Å². The van der Waals surface area contributed by atoms with E-state index in [1.807, 2.05) is 6.92 Å². The maximum atomic E-state index is 12.4. The smallest absolute Gasteiger partial charge is 0.255 e. The molecule has 3 N–H and O–H groups in total. The first-order valence-corrected chi connectivity index (χ1v) is 7.55. The molecule has 0 aromatic heterocycles. The third-order valence-corrected chi connectivity index (χ3v) is 3.49. The Morgan fingerprint density at radius 2 is 1.83 bits per heavy atom. The molecule has 0 radical (unpaired) electrons. The SMILES string of the molecule is CCOc1c(Cl)cc(C(=O)Nc2ccc(C(N)=O)cc2)cc1OC. The maximum Gasteiger partial charge on any atom is 0.255 e. The minimum absolute atomic E-state index is 0.283. The molecule has 2 aromatic carbocycles. The molecule has 0 atom stereocenters. The summed E-state index contributed by atoms with van der Waals surface area (Å²) in [7, 11) is 1.47. The van der Waals surface area contributed by atoms with E-state index in [4.69, 9.17) is 26.8 Å². The van der Waals surface area contributed by atoms with Crippen molar-refractivity contribution < 1.29 is 19.1 Å². The molecule has 2 amide bonds. The van der Waals surface area contributed by atoms with E-state index >= 15 is 0 Å². The zero-order valence-corrected chi connectivity index (χ0v) is 14.0. The molecule has 0 saturated heterocycles. The lowest BCUT2D eigenvalue weighted by Gasteiger charge is -2.13. The van der Waals surface area contributed by atoms with Gasteiger partial charge >= 0.3 is 0 Å². The van der Waals surface area contributed by atoms with Gasteiger partial charge in [0.2, 0.25) is 5.91 Å². The van der Waals surface area contributed by atoms with Gasteiger partial charge in [-0.2, -0.15) is 0 Å². The van der Waals surface area contributed by atoms with Crippen LogP contribution in [0.5, 0.6) is 11.5 Å². The summed E-state index contributed by atoms with van der Waals surface area (Å²) in [6.45, 7) is 2.25. The number of anilines is 1. The van der Waals surface area contributed by atoms with Gasteiger partial charge in [-0.05, 0) is 43.3 Å². The molecule has 0 saturated carbocycles. The highest BCUT2D eigenvalue weighted by Gasteiger charge is 2.16. The number of benzene rings is 2. The predicted molar refractivity (Wildman–Crippen MR) is 92.1 cm³/mol. The molecule has 0 aliphatic heterocycles. The van der Waals surface area contributed by atoms with Gasteiger partial charge in [-0.15, -0.1) is 0 Å². The number of carbonyl (C=O) groups is 2. The van der Waals surface area contributed by atoms with Crippen LogP contribution >= 0.6 is 11.6 Å². The fraction of sp³-hybridized carbons (Fsp3) is 0.176. The second-order valence-electron chi connectivity index (χ2n) is 4.82. The van der Waals surface area contributed by atoms with Crippen LogP contribution in [0.25, 0.3) is 0 Å². The first kappa shape index (κ1) is 17.6. The minimum Gasteiger partial charge on any atom is -0.493 e. The number of ether oxygens (including phenoxy) is 2. The fourth-order valence-corrected chi connectivity index (χ4v) is 2.32. The fourth-order valence-electron chi connectivity index (χ4n) is 2.06. The molecule has 0 aliphatic carbocycles. The number of methoxy groups -OCH3 is 1. The molecule has 0 unspecified atom stereocenters. The number of hydrogen-bond acceptors (Lipinski definition) is 4. The van der Waals surface area contributed by atoms with Crippen LogP contribution in [0.15, 0.2) is 36.4 Å². The molecule has 2 aromatic rings. The van der Waals surface area contributed by atoms with Crippen LogP contribution in [-0.2, 0) is 0 Å². The van der Waals surface area contributed by atoms with Crippen molar-refractivity contribution in [3.8, 4) is 11.5 Å². The molecule has 0 spiro atoms. The summed E-state index contributed by atoms with van der Waals surface area (Å²) < 4.78 is 10.6. The summed E-state index contributed by atoms with van der Waals surface area (Å²) >= 11 is 6.16. The predicted octanol–water partition coefficient (Wildman–Crippen LogP) is 3.10. The molecule has 0 bridgehead atoms. The number of amides is 2. The van der Waals surface area contributed by atoms with E-state index < -0.39 is 5.91 Å². The normalized spacial score (nSPS) is 10.1. The van der Waals surface area contributed by atoms with E-state index in [2.05, 4.69) is 5.32 Å². The van der Waals surface area contributed by atoms with E-state index in [9.17, 15) is 9.59 Å². The standard InChI is InChI=1S/C17H17ClN2O4/c1-3-24-15-13(18)8-11(9-14(15)23-2)17(22)20-12-6-4-10(5-7-12)16(19)21/h4-9H,3H2,1-2H3,(H2,19,21)(H,20,22). The number of nitrogens with two attached hydrogens (primary N) is 1. The van der Waals surface area contributed by atoms with E-state index in [-0.39, 0.29) is 10.9 Å². The van der Waals surface area contributed by atoms with Gasteiger partial charge < -0.3 is 20.5 Å². The lowest BCUT2D eigenvalue weighted by atomic mass is 10.1. The van der Waals surface area contributed by atoms with Gasteiger partial charge in [-0.1, -0.05) is 11.6 Å². The molecule has 0 heterocycles. The van der Waals surface area contributed by atoms with E-state index in [1.54, 1.807) is 18.2 Å². The van der Waals surface area contributed by atoms with Gasteiger partial charge in [0.1, 0.15) is 0 Å². The van der Waals surface area contributed by atoms with E-state index in [0.29, 0.717) is 34.9 Å². The Morgan fingerprint density at radius 3 is 2.38 bits per heavy atom. The number of hydrogen-bond donors (Lipinski definition) is 2. The molecule has 0 fully saturated rings. The summed E-state index contributed by atoms with van der Waals surface area (Å²) in [5.74, 6) is -0.136. The van der Waals surface area contributed by atoms with Crippen molar-refractivity contribution in [3.63, 3.8) is 0 Å². The Morgan fingerprint density at radius 1 is 1.17 bits per heavy atom. The van der Waals surface area contributed by atoms with Crippen LogP contribution in [-0.4, -0.2) is 25.5 Å². The van der Waals surface area contributed by atoms with E-state index in [1.165, 1.54) is 25.3 Å². The minimum atomic E-state index is -0.532. The summed E-state index contributed by atoms with van der Waals surface area (Å²) in [5.41, 5.74) is 6.38. The van der Waals surface area contributed by atoms with Crippen molar-refractivity contribution in [1.29, 1.82) is 0 Å². The van der Waals surface area contributed by atoms with Gasteiger partial charge in [0.05, 0.1) is 18.7 Å². The van der Waals surface area contributed by atoms with Crippen molar-refractivity contribution in [2.24, 2.45) is 5.73 Å². The van der Waals surface area contributed by atoms with Gasteiger partial charge in [-0.3, -0.25) is 9.59 Å². The van der Waals surface area contributed by atoms with Gasteiger partial charge in [-0.25, -0.2) is 0 Å². The molecule has 7 heteroatoms. The second-order valence-corrected chi connectivity index (χ2v) is 5.23. The Labute approximate surface area is 144 Å². The number of rotatable bonds is 6. The zero-order chi connectivity index (χ0) is 17.7. The molecular formula is C17H17ClN2O4. The summed E-state index contributed by atoms with van der Waals surface area (Å²) in [5, 5.41) is 2.99. The molecule has 6 nitrogen and oxygen atoms in total. The van der Waals surface area contributed by atoms with Crippen molar-refractivity contribution in [1.82, 2.24) is 0 Å². The monoisotopic (exact) mass is 348 g/mol. The first-order chi connectivity index (χ1) is 11.5. The highest BCUT2D eigenvalue weighted by molar-refractivity contribution is 6.32. The van der Waals surface area contributed by atoms with Crippen molar-refractivity contribution in [2.75, 3.05) is 19.0 Å². The summed E-state index contributed by atoms with van der Waals surface area (Å²) in [4.78, 5) is 23.4. The zero-order valence-electron chi connectivity index (χ0n) is 13.3. The third-order valence-electron chi connectivity index (χ3n) is 3.21. The van der Waals surface area contributed by atoms with E-state index in [0.717, 1.165) is 0 Å². The number of primary amides is 1. The van der Waals surface area contributed by atoms with Crippen LogP contribution in [0.1, 0.15) is 27.6 Å². The molecule has 126 valence electrons. The molecular weight excluding hydrogens is 332 g/mol. The number of carbonyl (C=O) groups excluding carboxylic acids is 2. The lowest BCUT2D eigenvalue weighted by molar-refractivity contribution is 0.0998. The summed E-state index contributed by atoms with van der Waals surface area (Å²) in [6.07, 6.45) is 0. The second kappa shape index (κ2) is 7.70. The van der Waals surface area contributed by atoms with Crippen LogP contribution in [0, 0.1) is 0 Å². The highest BCUT2D eigenvalue weighted by Crippen LogP contribution is 2.36. The average molecular weight is 349 g/mol. The molecule has 2 rings (SSSR count). The highest BCUT2D eigenvalue weighted by atomic mass is 35.5.